The van der Waals surface area contributed by atoms with Gasteiger partial charge < -0.3 is 9.15 Å². The van der Waals surface area contributed by atoms with Crippen molar-refractivity contribution in [1.82, 2.24) is 10.2 Å². The van der Waals surface area contributed by atoms with Crippen LogP contribution in [0.3, 0.4) is 0 Å². The van der Waals surface area contributed by atoms with E-state index in [4.69, 9.17) is 19.8 Å². The molecule has 0 saturated heterocycles. The van der Waals surface area contributed by atoms with Gasteiger partial charge in [-0.3, -0.25) is 0 Å². The lowest BCUT2D eigenvalue weighted by atomic mass is 10.3. The van der Waals surface area contributed by atoms with Crippen LogP contribution in [-0.2, 0) is 15.7 Å². The number of nitrogens with zero attached hydrogens (tertiary/aromatic N) is 2. The third-order valence-electron chi connectivity index (χ3n) is 2.16. The average molecular weight is 447 g/mol. The molecule has 2 aromatic rings. The quantitative estimate of drug-likeness (QED) is 0.670. The minimum absolute atomic E-state index is 0.0427. The Morgan fingerprint density at radius 1 is 1.30 bits per heavy atom. The molecular formula is C10H7Br2ClN2O4S. The Kier molecular flexibility index (Phi) is 4.73. The second-order valence-electron chi connectivity index (χ2n) is 3.66. The Labute approximate surface area is 136 Å². The van der Waals surface area contributed by atoms with E-state index >= 15 is 0 Å². The first-order valence-electron chi connectivity index (χ1n) is 5.13. The number of hydrogen-bond acceptors (Lipinski definition) is 6. The molecule has 1 heterocycles. The van der Waals surface area contributed by atoms with Crippen molar-refractivity contribution >= 4 is 51.6 Å². The second kappa shape index (κ2) is 6.00. The Hall–Kier alpha value is -0.640. The summed E-state index contributed by atoms with van der Waals surface area (Å²) >= 11 is 6.45. The number of rotatable bonds is 4. The molecule has 1 aromatic carbocycles. The molecule has 0 aliphatic heterocycles. The van der Waals surface area contributed by atoms with Gasteiger partial charge in [0.2, 0.25) is 5.89 Å². The summed E-state index contributed by atoms with van der Waals surface area (Å²) in [6.45, 7) is 1.73. The van der Waals surface area contributed by atoms with Crippen molar-refractivity contribution in [3.05, 3.63) is 32.9 Å². The molecular weight excluding hydrogens is 439 g/mol. The molecule has 0 unspecified atom stereocenters. The van der Waals surface area contributed by atoms with Crippen molar-refractivity contribution in [2.24, 2.45) is 0 Å². The van der Waals surface area contributed by atoms with Crippen LogP contribution in [0, 0.1) is 6.92 Å². The lowest BCUT2D eigenvalue weighted by molar-refractivity contribution is 0.257. The number of aromatic nitrogens is 2. The highest BCUT2D eigenvalue weighted by atomic mass is 79.9. The van der Waals surface area contributed by atoms with E-state index in [1.54, 1.807) is 6.92 Å². The molecule has 0 fully saturated rings. The average Bonchev–Trinajstić information content (AvgIpc) is 2.72. The van der Waals surface area contributed by atoms with E-state index in [1.165, 1.54) is 12.1 Å². The molecule has 0 N–H and O–H groups in total. The maximum Gasteiger partial charge on any atom is 0.261 e. The number of benzene rings is 1. The zero-order valence-electron chi connectivity index (χ0n) is 9.93. The first kappa shape index (κ1) is 15.7. The molecule has 1 aromatic heterocycles. The molecule has 0 atom stereocenters. The largest absolute Gasteiger partial charge is 0.481 e. The predicted molar refractivity (Wildman–Crippen MR) is 78.2 cm³/mol. The fourth-order valence-corrected chi connectivity index (χ4v) is 3.85. The van der Waals surface area contributed by atoms with Gasteiger partial charge in [-0.2, -0.15) is 0 Å². The van der Waals surface area contributed by atoms with Crippen LogP contribution in [0.1, 0.15) is 11.8 Å². The van der Waals surface area contributed by atoms with Crippen molar-refractivity contribution in [2.75, 3.05) is 0 Å². The number of hydrogen-bond donors (Lipinski definition) is 0. The molecule has 0 radical (unpaired) electrons. The van der Waals surface area contributed by atoms with Crippen molar-refractivity contribution in [1.29, 1.82) is 0 Å². The van der Waals surface area contributed by atoms with Crippen LogP contribution in [0.2, 0.25) is 0 Å². The first-order chi connectivity index (χ1) is 9.27. The van der Waals surface area contributed by atoms with Gasteiger partial charge in [0, 0.05) is 17.6 Å². The first-order valence-corrected chi connectivity index (χ1v) is 9.02. The maximum atomic E-state index is 11.3. The molecule has 2 rings (SSSR count). The van der Waals surface area contributed by atoms with Crippen LogP contribution in [0.25, 0.3) is 0 Å². The van der Waals surface area contributed by atoms with E-state index in [0.717, 1.165) is 0 Å². The van der Waals surface area contributed by atoms with E-state index in [1.807, 2.05) is 0 Å². The van der Waals surface area contributed by atoms with Gasteiger partial charge in [-0.25, -0.2) is 8.42 Å². The third kappa shape index (κ3) is 3.72. The summed E-state index contributed by atoms with van der Waals surface area (Å²) in [5, 5.41) is 7.46. The fourth-order valence-electron chi connectivity index (χ4n) is 1.35. The second-order valence-corrected chi connectivity index (χ2v) is 7.93. The summed E-state index contributed by atoms with van der Waals surface area (Å²) in [6, 6.07) is 2.70. The summed E-state index contributed by atoms with van der Waals surface area (Å²) in [6.07, 6.45) is 0. The minimum atomic E-state index is -3.81. The summed E-state index contributed by atoms with van der Waals surface area (Å²) in [5.74, 6) is 1.16. The molecule has 10 heteroatoms. The van der Waals surface area contributed by atoms with E-state index in [9.17, 15) is 8.42 Å². The van der Waals surface area contributed by atoms with E-state index in [0.29, 0.717) is 26.5 Å². The molecule has 20 heavy (non-hydrogen) atoms. The highest BCUT2D eigenvalue weighted by Crippen LogP contribution is 2.37. The lowest BCUT2D eigenvalue weighted by Crippen LogP contribution is -1.99. The van der Waals surface area contributed by atoms with Gasteiger partial charge in [-0.15, -0.1) is 10.2 Å². The van der Waals surface area contributed by atoms with Crippen LogP contribution < -0.4 is 4.74 Å². The number of halogens is 3. The van der Waals surface area contributed by atoms with Gasteiger partial charge in [0.25, 0.3) is 14.9 Å². The maximum absolute atomic E-state index is 11.3. The van der Waals surface area contributed by atoms with Gasteiger partial charge >= 0.3 is 0 Å². The monoisotopic (exact) mass is 444 g/mol. The Bertz CT molecular complexity index is 724. The van der Waals surface area contributed by atoms with Crippen molar-refractivity contribution in [2.45, 2.75) is 18.4 Å². The van der Waals surface area contributed by atoms with Crippen molar-refractivity contribution in [3.8, 4) is 5.75 Å². The Morgan fingerprint density at radius 3 is 2.35 bits per heavy atom. The minimum Gasteiger partial charge on any atom is -0.481 e. The van der Waals surface area contributed by atoms with Gasteiger partial charge in [0.1, 0.15) is 5.75 Å². The molecule has 0 bridgehead atoms. The number of aryl methyl sites for hydroxylation is 1. The van der Waals surface area contributed by atoms with Crippen molar-refractivity contribution < 1.29 is 17.6 Å². The fraction of sp³-hybridized carbons (Fsp3) is 0.200. The molecule has 0 saturated carbocycles. The SMILES string of the molecule is Cc1nnc(COc2c(Br)cc(S(=O)(=O)Cl)cc2Br)o1. The standard InChI is InChI=1S/C10H7Br2ClN2O4S/c1-5-14-15-9(19-5)4-18-10-7(11)2-6(3-8(10)12)20(13,16)17/h2-3H,4H2,1H3. The van der Waals surface area contributed by atoms with Crippen LogP contribution in [-0.4, -0.2) is 18.6 Å². The smallest absolute Gasteiger partial charge is 0.261 e. The number of ether oxygens (including phenoxy) is 1. The van der Waals surface area contributed by atoms with Crippen LogP contribution in [0.5, 0.6) is 5.75 Å². The van der Waals surface area contributed by atoms with Gasteiger partial charge in [0.15, 0.2) is 6.61 Å². The van der Waals surface area contributed by atoms with Gasteiger partial charge in [0.05, 0.1) is 13.8 Å². The lowest BCUT2D eigenvalue weighted by Gasteiger charge is -2.09. The topological polar surface area (TPSA) is 82.3 Å². The summed E-state index contributed by atoms with van der Waals surface area (Å²) < 4.78 is 34.1. The van der Waals surface area contributed by atoms with E-state index < -0.39 is 9.05 Å². The molecule has 6 nitrogen and oxygen atoms in total. The molecule has 0 amide bonds. The van der Waals surface area contributed by atoms with Crippen molar-refractivity contribution in [3.63, 3.8) is 0 Å². The molecule has 0 aliphatic rings. The van der Waals surface area contributed by atoms with E-state index in [2.05, 4.69) is 42.1 Å². The van der Waals surface area contributed by atoms with Gasteiger partial charge in [-0.1, -0.05) is 0 Å². The molecule has 0 aliphatic carbocycles. The zero-order chi connectivity index (χ0) is 14.9. The summed E-state index contributed by atoms with van der Waals surface area (Å²) in [5.41, 5.74) is 0. The normalized spacial score (nSPS) is 11.6. The zero-order valence-corrected chi connectivity index (χ0v) is 14.7. The van der Waals surface area contributed by atoms with Crippen LogP contribution in [0.15, 0.2) is 30.4 Å². The summed E-state index contributed by atoms with van der Waals surface area (Å²) in [4.78, 5) is -0.0427. The Balaban J connectivity index is 2.25. The third-order valence-corrected chi connectivity index (χ3v) is 4.67. The highest BCUT2D eigenvalue weighted by Gasteiger charge is 2.17. The highest BCUT2D eigenvalue weighted by molar-refractivity contribution is 9.11. The van der Waals surface area contributed by atoms with Crippen LogP contribution in [0.4, 0.5) is 0 Å². The molecule has 108 valence electrons. The predicted octanol–water partition coefficient (Wildman–Crippen LogP) is 3.41. The summed E-state index contributed by atoms with van der Waals surface area (Å²) in [7, 11) is 1.47. The van der Waals surface area contributed by atoms with Crippen LogP contribution >= 0.6 is 42.5 Å². The molecule has 0 spiro atoms. The van der Waals surface area contributed by atoms with E-state index in [-0.39, 0.29) is 11.5 Å². The Morgan fingerprint density at radius 2 is 1.90 bits per heavy atom. The van der Waals surface area contributed by atoms with Gasteiger partial charge in [-0.05, 0) is 44.0 Å².